The average molecular weight is 753 g/mol. The van der Waals surface area contributed by atoms with Gasteiger partial charge in [-0.15, -0.1) is 0 Å². The van der Waals surface area contributed by atoms with Crippen LogP contribution in [0.1, 0.15) is 25.0 Å². The van der Waals surface area contributed by atoms with Crippen molar-refractivity contribution in [3.05, 3.63) is 217 Å². The van der Waals surface area contributed by atoms with Gasteiger partial charge in [-0.2, -0.15) is 0 Å². The molecule has 2 nitrogen and oxygen atoms in total. The van der Waals surface area contributed by atoms with Crippen LogP contribution in [0.2, 0.25) is 0 Å². The van der Waals surface area contributed by atoms with E-state index in [0.29, 0.717) is 0 Å². The molecule has 0 radical (unpaired) electrons. The largest absolute Gasteiger partial charge is 0.306 e. The molecule has 1 aliphatic carbocycles. The summed E-state index contributed by atoms with van der Waals surface area (Å²) >= 11 is 0. The molecule has 2 aliphatic rings. The van der Waals surface area contributed by atoms with Gasteiger partial charge in [-0.3, -0.25) is 0 Å². The van der Waals surface area contributed by atoms with E-state index in [0.717, 1.165) is 34.1 Å². The van der Waals surface area contributed by atoms with E-state index in [1.54, 1.807) is 0 Å². The molecule has 10 aromatic rings. The van der Waals surface area contributed by atoms with E-state index in [4.69, 9.17) is 0 Å². The molecule has 0 spiro atoms. The molecule has 0 N–H and O–H groups in total. The molecule has 1 heterocycles. The van der Waals surface area contributed by atoms with Crippen molar-refractivity contribution in [1.29, 1.82) is 0 Å². The smallest absolute Gasteiger partial charge is 0.0709 e. The van der Waals surface area contributed by atoms with Crippen LogP contribution in [0.3, 0.4) is 0 Å². The van der Waals surface area contributed by atoms with Crippen molar-refractivity contribution in [3.8, 4) is 33.4 Å². The number of hydrogen-bond acceptors (Lipinski definition) is 2. The van der Waals surface area contributed by atoms with Gasteiger partial charge in [0.2, 0.25) is 0 Å². The lowest BCUT2D eigenvalue weighted by molar-refractivity contribution is 0.661. The highest BCUT2D eigenvalue weighted by Gasteiger charge is 2.37. The highest BCUT2D eigenvalue weighted by Crippen LogP contribution is 2.57. The lowest BCUT2D eigenvalue weighted by Crippen LogP contribution is -2.24. The van der Waals surface area contributed by atoms with Crippen molar-refractivity contribution < 1.29 is 0 Å². The Morgan fingerprint density at radius 3 is 1.34 bits per heavy atom. The normalized spacial score (nSPS) is 13.7. The van der Waals surface area contributed by atoms with E-state index < -0.39 is 0 Å². The number of anilines is 6. The van der Waals surface area contributed by atoms with Crippen molar-refractivity contribution in [1.82, 2.24) is 0 Å². The lowest BCUT2D eigenvalue weighted by Gasteiger charge is -2.40. The summed E-state index contributed by atoms with van der Waals surface area (Å²) in [6, 6.07) is 76.1. The number of hydrogen-bond donors (Lipinski definition) is 0. The van der Waals surface area contributed by atoms with Crippen molar-refractivity contribution in [2.45, 2.75) is 19.3 Å². The number of fused-ring (bicyclic) bond motifs is 9. The molecule has 278 valence electrons. The summed E-state index contributed by atoms with van der Waals surface area (Å²) in [5.74, 6) is 0. The second kappa shape index (κ2) is 12.8. The molecule has 0 saturated heterocycles. The minimum Gasteiger partial charge on any atom is -0.306 e. The zero-order valence-electron chi connectivity index (χ0n) is 33.0. The third-order valence-corrected chi connectivity index (χ3v) is 12.9. The summed E-state index contributed by atoms with van der Waals surface area (Å²) < 4.78 is 0. The van der Waals surface area contributed by atoms with Crippen LogP contribution in [0.15, 0.2) is 206 Å². The zero-order valence-corrected chi connectivity index (χ0v) is 33.0. The van der Waals surface area contributed by atoms with Gasteiger partial charge in [0.1, 0.15) is 0 Å². The fraction of sp³-hybridized carbons (Fsp3) is 0.0526. The minimum absolute atomic E-state index is 0.129. The Hall–Kier alpha value is -7.42. The molecule has 0 amide bonds. The number of para-hydroxylation sites is 4. The highest BCUT2D eigenvalue weighted by molar-refractivity contribution is 6.25. The fourth-order valence-electron chi connectivity index (χ4n) is 10.3. The summed E-state index contributed by atoms with van der Waals surface area (Å²) in [6.45, 7) is 4.78. The summed E-state index contributed by atoms with van der Waals surface area (Å²) in [7, 11) is 0. The molecule has 2 heteroatoms. The Morgan fingerprint density at radius 2 is 0.746 bits per heavy atom. The topological polar surface area (TPSA) is 6.48 Å². The minimum atomic E-state index is -0.129. The second-order valence-corrected chi connectivity index (χ2v) is 16.4. The molecular weight excluding hydrogens is 713 g/mol. The van der Waals surface area contributed by atoms with Gasteiger partial charge < -0.3 is 9.80 Å². The molecule has 0 bridgehead atoms. The van der Waals surface area contributed by atoms with E-state index in [1.807, 2.05) is 0 Å². The second-order valence-electron chi connectivity index (χ2n) is 16.4. The van der Waals surface area contributed by atoms with Crippen molar-refractivity contribution in [2.75, 3.05) is 9.80 Å². The Bertz CT molecular complexity index is 3250. The summed E-state index contributed by atoms with van der Waals surface area (Å²) in [5, 5.41) is 7.61. The third-order valence-electron chi connectivity index (χ3n) is 12.9. The quantitative estimate of drug-likeness (QED) is 0.165. The molecule has 0 saturated carbocycles. The van der Waals surface area contributed by atoms with Gasteiger partial charge in [0.15, 0.2) is 0 Å². The fourth-order valence-corrected chi connectivity index (χ4v) is 10.3. The monoisotopic (exact) mass is 752 g/mol. The van der Waals surface area contributed by atoms with Gasteiger partial charge in [-0.1, -0.05) is 166 Å². The first-order chi connectivity index (χ1) is 29.1. The van der Waals surface area contributed by atoms with Crippen LogP contribution in [0.5, 0.6) is 0 Å². The standard InChI is InChI=1S/C57H40N2/c1-57(2)48-30-16-15-29-46(48)56-41-24-10-9-23-40(41)47(36-49(56)57)55-44-27-13-11-25-42(44)54(43-26-12-14-28-45(43)55)37-33-34-52-53(35-37)59(39-21-7-4-8-22-39)51-32-18-17-31-50(51)58(52)38-19-5-3-6-20-38/h3-36H,1-2H3. The Morgan fingerprint density at radius 1 is 0.305 bits per heavy atom. The van der Waals surface area contributed by atoms with Crippen LogP contribution in [0.25, 0.3) is 65.7 Å². The first-order valence-electron chi connectivity index (χ1n) is 20.6. The van der Waals surface area contributed by atoms with Gasteiger partial charge >= 0.3 is 0 Å². The third kappa shape index (κ3) is 4.87. The number of nitrogens with zero attached hydrogens (tertiary/aromatic N) is 2. The van der Waals surface area contributed by atoms with Gasteiger partial charge in [0.25, 0.3) is 0 Å². The average Bonchev–Trinajstić information content (AvgIpc) is 3.53. The van der Waals surface area contributed by atoms with Gasteiger partial charge in [0, 0.05) is 16.8 Å². The van der Waals surface area contributed by atoms with Crippen LogP contribution in [-0.4, -0.2) is 0 Å². The van der Waals surface area contributed by atoms with Crippen molar-refractivity contribution in [3.63, 3.8) is 0 Å². The molecule has 12 rings (SSSR count). The molecule has 0 atom stereocenters. The molecule has 0 fully saturated rings. The summed E-state index contributed by atoms with van der Waals surface area (Å²) in [4.78, 5) is 4.84. The van der Waals surface area contributed by atoms with Gasteiger partial charge in [0.05, 0.1) is 22.7 Å². The Labute approximate surface area is 344 Å². The van der Waals surface area contributed by atoms with Crippen LogP contribution in [-0.2, 0) is 5.41 Å². The van der Waals surface area contributed by atoms with E-state index >= 15 is 0 Å². The molecule has 1 aliphatic heterocycles. The SMILES string of the molecule is CC1(C)c2ccccc2-c2c1cc(-c1c3ccccc3c(-c3ccc4c(c3)N(c3ccccc3)c3ccccc3N4c3ccccc3)c3ccccc13)c1ccccc21. The van der Waals surface area contributed by atoms with E-state index in [9.17, 15) is 0 Å². The Balaban J connectivity index is 1.14. The maximum atomic E-state index is 2.53. The molecule has 0 aromatic heterocycles. The molecule has 10 aromatic carbocycles. The molecule has 59 heavy (non-hydrogen) atoms. The number of benzene rings is 10. The van der Waals surface area contributed by atoms with E-state index in [2.05, 4.69) is 230 Å². The molecular formula is C57H40N2. The van der Waals surface area contributed by atoms with Gasteiger partial charge in [-0.25, -0.2) is 0 Å². The van der Waals surface area contributed by atoms with Gasteiger partial charge in [-0.05, 0) is 131 Å². The molecule has 0 unspecified atom stereocenters. The summed E-state index contributed by atoms with van der Waals surface area (Å²) in [6.07, 6.45) is 0. The zero-order chi connectivity index (χ0) is 39.2. The maximum absolute atomic E-state index is 2.53. The predicted molar refractivity (Wildman–Crippen MR) is 250 cm³/mol. The van der Waals surface area contributed by atoms with Crippen molar-refractivity contribution in [2.24, 2.45) is 0 Å². The Kier molecular flexibility index (Phi) is 7.31. The van der Waals surface area contributed by atoms with Crippen molar-refractivity contribution >= 4 is 66.4 Å². The number of rotatable bonds is 4. The van der Waals surface area contributed by atoms with Crippen LogP contribution < -0.4 is 9.80 Å². The highest BCUT2D eigenvalue weighted by atomic mass is 15.3. The van der Waals surface area contributed by atoms with E-state index in [-0.39, 0.29) is 5.41 Å². The first kappa shape index (κ1) is 33.7. The first-order valence-corrected chi connectivity index (χ1v) is 20.6. The van der Waals surface area contributed by atoms with E-state index in [1.165, 1.54) is 76.8 Å². The van der Waals surface area contributed by atoms with Crippen LogP contribution in [0.4, 0.5) is 34.1 Å². The van der Waals surface area contributed by atoms with Crippen LogP contribution >= 0.6 is 0 Å². The van der Waals surface area contributed by atoms with Crippen LogP contribution in [0, 0.1) is 0 Å². The predicted octanol–water partition coefficient (Wildman–Crippen LogP) is 16.0. The summed E-state index contributed by atoms with van der Waals surface area (Å²) in [5.41, 5.74) is 17.2. The maximum Gasteiger partial charge on any atom is 0.0709 e. The lowest BCUT2D eigenvalue weighted by atomic mass is 9.79.